The lowest BCUT2D eigenvalue weighted by Gasteiger charge is -1.85. The molecule has 0 aliphatic rings. The Morgan fingerprint density at radius 3 is 2.75 bits per heavy atom. The van der Waals surface area contributed by atoms with Crippen LogP contribution in [0.2, 0.25) is 0 Å². The third-order valence-electron chi connectivity index (χ3n) is 0.739. The van der Waals surface area contributed by atoms with Gasteiger partial charge in [0.1, 0.15) is 0 Å². The minimum absolute atomic E-state index is 0.222. The van der Waals surface area contributed by atoms with Crippen LogP contribution >= 0.6 is 0 Å². The van der Waals surface area contributed by atoms with Gasteiger partial charge in [-0.2, -0.15) is 0 Å². The number of aliphatic hydroxyl groups is 1. The molecular formula is C5H13N2O+. The molecule has 0 aromatic carbocycles. The minimum atomic E-state index is 0.222. The Balaban J connectivity index is 3.03. The van der Waals surface area contributed by atoms with Crippen molar-refractivity contribution in [2.45, 2.75) is 13.3 Å². The number of aliphatic hydroxyl groups excluding tert-OH is 1. The fraction of sp³-hybridized carbons (Fsp3) is 0.800. The van der Waals surface area contributed by atoms with Crippen LogP contribution in [0.25, 0.3) is 0 Å². The predicted molar refractivity (Wildman–Crippen MR) is 32.4 cm³/mol. The van der Waals surface area contributed by atoms with E-state index in [1.54, 1.807) is 6.92 Å². The fourth-order valence-corrected chi connectivity index (χ4v) is 0.365. The summed E-state index contributed by atoms with van der Waals surface area (Å²) in [6.07, 6.45) is 0.758. The van der Waals surface area contributed by atoms with Crippen molar-refractivity contribution < 1.29 is 10.1 Å². The molecule has 0 saturated carbocycles. The highest BCUT2D eigenvalue weighted by Crippen LogP contribution is 1.61. The zero-order chi connectivity index (χ0) is 6.41. The van der Waals surface area contributed by atoms with Gasteiger partial charge in [-0.05, 0) is 0 Å². The molecule has 0 aliphatic heterocycles. The highest BCUT2D eigenvalue weighted by Gasteiger charge is 1.84. The molecule has 3 nitrogen and oxygen atoms in total. The molecule has 0 radical (unpaired) electrons. The van der Waals surface area contributed by atoms with Crippen molar-refractivity contribution in [1.82, 2.24) is 0 Å². The Kier molecular flexibility index (Phi) is 4.26. The minimum Gasteiger partial charge on any atom is -0.396 e. The van der Waals surface area contributed by atoms with E-state index < -0.39 is 0 Å². The molecule has 3 heteroatoms. The quantitative estimate of drug-likeness (QED) is 0.224. The van der Waals surface area contributed by atoms with Gasteiger partial charge in [-0.15, -0.1) is 0 Å². The summed E-state index contributed by atoms with van der Waals surface area (Å²) in [6.45, 7) is 2.77. The topological polar surface area (TPSA) is 60.2 Å². The van der Waals surface area contributed by atoms with Gasteiger partial charge in [-0.3, -0.25) is 10.7 Å². The molecule has 0 amide bonds. The van der Waals surface area contributed by atoms with Crippen molar-refractivity contribution in [2.24, 2.45) is 5.73 Å². The molecule has 0 aromatic rings. The van der Waals surface area contributed by atoms with Gasteiger partial charge in [0, 0.05) is 20.0 Å². The molecule has 0 atom stereocenters. The van der Waals surface area contributed by atoms with Crippen LogP contribution in [0.1, 0.15) is 13.3 Å². The van der Waals surface area contributed by atoms with E-state index in [2.05, 4.69) is 4.99 Å². The van der Waals surface area contributed by atoms with Crippen LogP contribution in [-0.4, -0.2) is 24.1 Å². The largest absolute Gasteiger partial charge is 0.396 e. The summed E-state index contributed by atoms with van der Waals surface area (Å²) in [5, 5.41) is 8.29. The second-order valence-corrected chi connectivity index (χ2v) is 1.69. The van der Waals surface area contributed by atoms with Gasteiger partial charge in [0.25, 0.3) is 0 Å². The summed E-state index contributed by atoms with van der Waals surface area (Å²) in [5.74, 6) is 0.707. The molecule has 0 aromatic heterocycles. The van der Waals surface area contributed by atoms with E-state index in [4.69, 9.17) is 10.8 Å². The summed E-state index contributed by atoms with van der Waals surface area (Å²) in [4.78, 5) is 2.88. The van der Waals surface area contributed by atoms with Crippen LogP contribution in [0.5, 0.6) is 0 Å². The summed E-state index contributed by atoms with van der Waals surface area (Å²) in [7, 11) is 0. The maximum atomic E-state index is 8.29. The van der Waals surface area contributed by atoms with Crippen molar-refractivity contribution in [3.05, 3.63) is 0 Å². The van der Waals surface area contributed by atoms with Gasteiger partial charge in [0.05, 0.1) is 6.54 Å². The Labute approximate surface area is 49.2 Å². The molecule has 4 N–H and O–H groups in total. The first kappa shape index (κ1) is 7.43. The van der Waals surface area contributed by atoms with E-state index in [0.717, 1.165) is 13.0 Å². The average Bonchev–Trinajstić information content (AvgIpc) is 1.66. The van der Waals surface area contributed by atoms with Gasteiger partial charge in [-0.25, -0.2) is 0 Å². The lowest BCUT2D eigenvalue weighted by Crippen LogP contribution is -2.74. The maximum absolute atomic E-state index is 8.29. The number of amidine groups is 1. The molecule has 0 rings (SSSR count). The summed E-state index contributed by atoms with van der Waals surface area (Å²) in [5.41, 5.74) is 5.26. The highest BCUT2D eigenvalue weighted by molar-refractivity contribution is 5.70. The molecule has 0 heterocycles. The molecule has 0 bridgehead atoms. The molecule has 0 fully saturated rings. The van der Waals surface area contributed by atoms with E-state index >= 15 is 0 Å². The molecular weight excluding hydrogens is 104 g/mol. The molecule has 0 aliphatic carbocycles. The first-order valence-electron chi connectivity index (χ1n) is 2.71. The highest BCUT2D eigenvalue weighted by atomic mass is 16.2. The van der Waals surface area contributed by atoms with Crippen LogP contribution in [-0.2, 0) is 0 Å². The molecule has 0 spiro atoms. The Hall–Kier alpha value is -0.570. The zero-order valence-electron chi connectivity index (χ0n) is 5.15. The van der Waals surface area contributed by atoms with Gasteiger partial charge >= 0.3 is 0 Å². The number of hydrogen-bond acceptors (Lipinski definition) is 1. The van der Waals surface area contributed by atoms with E-state index in [0.29, 0.717) is 5.84 Å². The van der Waals surface area contributed by atoms with Crippen LogP contribution in [0.3, 0.4) is 0 Å². The Morgan fingerprint density at radius 1 is 1.75 bits per heavy atom. The maximum Gasteiger partial charge on any atom is 0.237 e. The van der Waals surface area contributed by atoms with E-state index in [9.17, 15) is 0 Å². The van der Waals surface area contributed by atoms with Gasteiger partial charge in [-0.1, -0.05) is 0 Å². The SMILES string of the molecule is CC(N)=[NH+]CCCO. The lowest BCUT2D eigenvalue weighted by atomic mass is 10.5. The Morgan fingerprint density at radius 2 is 2.38 bits per heavy atom. The van der Waals surface area contributed by atoms with Crippen molar-refractivity contribution in [2.75, 3.05) is 13.2 Å². The third-order valence-corrected chi connectivity index (χ3v) is 0.739. The molecule has 8 heavy (non-hydrogen) atoms. The second-order valence-electron chi connectivity index (χ2n) is 1.69. The first-order valence-corrected chi connectivity index (χ1v) is 2.71. The third kappa shape index (κ3) is 5.43. The van der Waals surface area contributed by atoms with Crippen LogP contribution < -0.4 is 10.7 Å². The van der Waals surface area contributed by atoms with Crippen LogP contribution in [0, 0.1) is 0 Å². The van der Waals surface area contributed by atoms with Crippen molar-refractivity contribution >= 4 is 5.84 Å². The number of nitrogens with one attached hydrogen (secondary N) is 1. The predicted octanol–water partition coefficient (Wildman–Crippen LogP) is -2.17. The van der Waals surface area contributed by atoms with E-state index in [-0.39, 0.29) is 6.61 Å². The number of rotatable bonds is 3. The number of hydrogen-bond donors (Lipinski definition) is 3. The van der Waals surface area contributed by atoms with Crippen molar-refractivity contribution in [3.63, 3.8) is 0 Å². The van der Waals surface area contributed by atoms with E-state index in [1.807, 2.05) is 0 Å². The molecule has 48 valence electrons. The van der Waals surface area contributed by atoms with Crippen LogP contribution in [0.15, 0.2) is 0 Å². The fourth-order valence-electron chi connectivity index (χ4n) is 0.365. The van der Waals surface area contributed by atoms with Gasteiger partial charge in [0.2, 0.25) is 5.84 Å². The first-order chi connectivity index (χ1) is 3.77. The monoisotopic (exact) mass is 117 g/mol. The van der Waals surface area contributed by atoms with Gasteiger partial charge in [0.15, 0.2) is 0 Å². The smallest absolute Gasteiger partial charge is 0.237 e. The Bertz CT molecular complexity index is 76.5. The van der Waals surface area contributed by atoms with E-state index in [1.165, 1.54) is 0 Å². The summed E-state index contributed by atoms with van der Waals surface area (Å²) in [6, 6.07) is 0. The summed E-state index contributed by atoms with van der Waals surface area (Å²) < 4.78 is 0. The second kappa shape index (κ2) is 4.59. The lowest BCUT2D eigenvalue weighted by molar-refractivity contribution is -0.459. The summed E-state index contributed by atoms with van der Waals surface area (Å²) >= 11 is 0. The normalized spacial score (nSPS) is 12.0. The van der Waals surface area contributed by atoms with Crippen LogP contribution in [0.4, 0.5) is 0 Å². The van der Waals surface area contributed by atoms with Crippen molar-refractivity contribution in [1.29, 1.82) is 0 Å². The standard InChI is InChI=1S/C5H12N2O/c1-5(6)7-3-2-4-8/h8H,2-4H2,1H3,(H2,6,7)/p+1. The van der Waals surface area contributed by atoms with Gasteiger partial charge < -0.3 is 5.11 Å². The number of nitrogens with two attached hydrogens (primary N) is 1. The average molecular weight is 117 g/mol. The molecule has 0 saturated heterocycles. The van der Waals surface area contributed by atoms with Crippen molar-refractivity contribution in [3.8, 4) is 0 Å². The molecule has 0 unspecified atom stereocenters. The zero-order valence-corrected chi connectivity index (χ0v) is 5.15.